The summed E-state index contributed by atoms with van der Waals surface area (Å²) in [4.78, 5) is 72.6. The molecule has 0 fully saturated rings. The maximum atomic E-state index is 13.1. The second-order valence-electron chi connectivity index (χ2n) is 28.0. The van der Waals surface area contributed by atoms with Gasteiger partial charge in [0.1, 0.15) is 19.3 Å². The number of aliphatic hydroxyl groups is 1. The van der Waals surface area contributed by atoms with Gasteiger partial charge in [0.25, 0.3) is 0 Å². The van der Waals surface area contributed by atoms with E-state index >= 15 is 0 Å². The van der Waals surface area contributed by atoms with Crippen molar-refractivity contribution in [1.82, 2.24) is 0 Å². The van der Waals surface area contributed by atoms with Gasteiger partial charge in [0.05, 0.1) is 26.4 Å². The fraction of sp³-hybridized carbons (Fsp3) is 0.947. The molecule has 0 aromatic carbocycles. The molecule has 0 amide bonds. The van der Waals surface area contributed by atoms with Crippen LogP contribution in [0.25, 0.3) is 0 Å². The highest BCUT2D eigenvalue weighted by Crippen LogP contribution is 2.45. The Bertz CT molecular complexity index is 1820. The molecule has 0 saturated carbocycles. The number of carbonyl (C=O) groups is 4. The number of hydrogen-bond acceptors (Lipinski definition) is 15. The molecule has 0 aliphatic heterocycles. The van der Waals surface area contributed by atoms with E-state index in [1.807, 2.05) is 0 Å². The third-order valence-corrected chi connectivity index (χ3v) is 19.4. The van der Waals surface area contributed by atoms with Gasteiger partial charge in [0, 0.05) is 25.7 Å². The summed E-state index contributed by atoms with van der Waals surface area (Å²) in [6, 6.07) is 0. The Kier molecular flexibility index (Phi) is 65.5. The summed E-state index contributed by atoms with van der Waals surface area (Å²) < 4.78 is 68.4. The van der Waals surface area contributed by atoms with Crippen LogP contribution in [0, 0.1) is 11.8 Å². The second-order valence-corrected chi connectivity index (χ2v) is 30.9. The molecule has 0 aliphatic carbocycles. The number of phosphoric ester groups is 2. The molecule has 0 saturated heterocycles. The minimum atomic E-state index is -4.96. The van der Waals surface area contributed by atoms with Crippen molar-refractivity contribution in [3.05, 3.63) is 0 Å². The zero-order chi connectivity index (χ0) is 69.3. The summed E-state index contributed by atoms with van der Waals surface area (Å²) in [7, 11) is -9.90. The lowest BCUT2D eigenvalue weighted by atomic mass is 10.0. The molecule has 0 aromatic rings. The first-order valence-corrected chi connectivity index (χ1v) is 42.0. The van der Waals surface area contributed by atoms with E-state index in [1.54, 1.807) is 0 Å². The van der Waals surface area contributed by atoms with Gasteiger partial charge in [0.15, 0.2) is 12.2 Å². The van der Waals surface area contributed by atoms with Crippen molar-refractivity contribution < 1.29 is 80.2 Å². The molecule has 558 valence electrons. The number of unbranched alkanes of at least 4 members (excludes halogenated alkanes) is 44. The number of ether oxygens (including phenoxy) is 4. The van der Waals surface area contributed by atoms with E-state index in [0.717, 1.165) is 95.8 Å². The Morgan fingerprint density at radius 1 is 0.287 bits per heavy atom. The molecule has 0 radical (unpaired) electrons. The molecule has 0 aromatic heterocycles. The highest BCUT2D eigenvalue weighted by Gasteiger charge is 2.30. The lowest BCUT2D eigenvalue weighted by molar-refractivity contribution is -0.161. The molecule has 0 rings (SSSR count). The van der Waals surface area contributed by atoms with Crippen molar-refractivity contribution in [3.63, 3.8) is 0 Å². The summed E-state index contributed by atoms with van der Waals surface area (Å²) in [5.41, 5.74) is 0. The first-order valence-electron chi connectivity index (χ1n) is 39.0. The number of rotatable bonds is 74. The fourth-order valence-electron chi connectivity index (χ4n) is 11.5. The van der Waals surface area contributed by atoms with Gasteiger partial charge < -0.3 is 33.8 Å². The lowest BCUT2D eigenvalue weighted by Gasteiger charge is -2.21. The van der Waals surface area contributed by atoms with E-state index in [2.05, 4.69) is 41.5 Å². The van der Waals surface area contributed by atoms with Gasteiger partial charge in [-0.15, -0.1) is 0 Å². The van der Waals surface area contributed by atoms with Crippen molar-refractivity contribution in [3.8, 4) is 0 Å². The van der Waals surface area contributed by atoms with Gasteiger partial charge >= 0.3 is 39.5 Å². The van der Waals surface area contributed by atoms with Gasteiger partial charge in [0.2, 0.25) is 0 Å². The maximum Gasteiger partial charge on any atom is 0.472 e. The van der Waals surface area contributed by atoms with Crippen LogP contribution >= 0.6 is 15.6 Å². The quantitative estimate of drug-likeness (QED) is 0.0222. The van der Waals surface area contributed by atoms with Gasteiger partial charge in [-0.25, -0.2) is 9.13 Å². The molecule has 94 heavy (non-hydrogen) atoms. The molecule has 0 heterocycles. The predicted molar refractivity (Wildman–Crippen MR) is 381 cm³/mol. The third-order valence-electron chi connectivity index (χ3n) is 17.5. The van der Waals surface area contributed by atoms with Crippen LogP contribution in [0.2, 0.25) is 0 Å². The average molecular weight is 1380 g/mol. The zero-order valence-electron chi connectivity index (χ0n) is 61.3. The van der Waals surface area contributed by atoms with Crippen LogP contribution in [0.1, 0.15) is 388 Å². The fourth-order valence-corrected chi connectivity index (χ4v) is 13.1. The highest BCUT2D eigenvalue weighted by molar-refractivity contribution is 7.47. The molecule has 5 atom stereocenters. The second kappa shape index (κ2) is 66.9. The molecule has 17 nitrogen and oxygen atoms in total. The van der Waals surface area contributed by atoms with Crippen molar-refractivity contribution in [2.75, 3.05) is 39.6 Å². The summed E-state index contributed by atoms with van der Waals surface area (Å²) in [6.45, 7) is 9.49. The normalized spacial score (nSPS) is 14.0. The SMILES string of the molecule is CCCCCCCCCCCCCCCCCCCCCCC(=O)O[C@H](COC(=O)CCCCCCCCCCCCCCCC(C)C)COP(=O)(O)OC[C@@H](O)COP(=O)(O)OC[C@@H](COC(=O)CCCCCCCCCCC)OC(=O)CCCCCCCCC(C)C. The van der Waals surface area contributed by atoms with Crippen molar-refractivity contribution >= 4 is 39.5 Å². The van der Waals surface area contributed by atoms with Crippen LogP contribution in [0.5, 0.6) is 0 Å². The van der Waals surface area contributed by atoms with Crippen LogP contribution < -0.4 is 0 Å². The van der Waals surface area contributed by atoms with Crippen LogP contribution in [-0.4, -0.2) is 96.7 Å². The molecular formula is C75H146O17P2. The Morgan fingerprint density at radius 2 is 0.489 bits per heavy atom. The predicted octanol–water partition coefficient (Wildman–Crippen LogP) is 21.9. The number of phosphoric acid groups is 2. The van der Waals surface area contributed by atoms with Crippen molar-refractivity contribution in [2.45, 2.75) is 407 Å². The highest BCUT2D eigenvalue weighted by atomic mass is 31.2. The molecule has 0 aliphatic rings. The first kappa shape index (κ1) is 92.1. The first-order chi connectivity index (χ1) is 45.4. The van der Waals surface area contributed by atoms with Crippen LogP contribution in [0.3, 0.4) is 0 Å². The topological polar surface area (TPSA) is 237 Å². The van der Waals surface area contributed by atoms with E-state index in [-0.39, 0.29) is 25.7 Å². The summed E-state index contributed by atoms with van der Waals surface area (Å²) in [5.74, 6) is -0.663. The number of aliphatic hydroxyl groups excluding tert-OH is 1. The van der Waals surface area contributed by atoms with Gasteiger partial charge in [-0.3, -0.25) is 37.3 Å². The van der Waals surface area contributed by atoms with Crippen LogP contribution in [0.4, 0.5) is 0 Å². The molecule has 0 spiro atoms. The minimum absolute atomic E-state index is 0.102. The van der Waals surface area contributed by atoms with E-state index < -0.39 is 97.5 Å². The molecule has 3 N–H and O–H groups in total. The lowest BCUT2D eigenvalue weighted by Crippen LogP contribution is -2.30. The molecule has 0 bridgehead atoms. The Labute approximate surface area is 575 Å². The largest absolute Gasteiger partial charge is 0.472 e. The summed E-state index contributed by atoms with van der Waals surface area (Å²) in [6.07, 6.45) is 54.4. The van der Waals surface area contributed by atoms with Crippen LogP contribution in [0.15, 0.2) is 0 Å². The van der Waals surface area contributed by atoms with E-state index in [9.17, 15) is 43.2 Å². The summed E-state index contributed by atoms with van der Waals surface area (Å²) >= 11 is 0. The number of hydrogen-bond donors (Lipinski definition) is 3. The Balaban J connectivity index is 5.18. The average Bonchev–Trinajstić information content (AvgIpc) is 1.46. The summed E-state index contributed by atoms with van der Waals surface area (Å²) in [5, 5.41) is 10.6. The van der Waals surface area contributed by atoms with Crippen molar-refractivity contribution in [1.29, 1.82) is 0 Å². The zero-order valence-corrected chi connectivity index (χ0v) is 63.1. The standard InChI is InChI=1S/C75H146O17P2/c1-7-9-11-13-15-17-18-19-20-21-22-23-24-25-28-32-36-40-47-53-59-74(79)91-70(63-86-73(78)58-52-46-39-35-31-29-26-27-30-34-37-43-49-55-67(3)4)65-89-93(81,82)87-61-69(76)62-88-94(83,84)90-66-71(92-75(80)60-54-48-42-41-44-50-56-68(5)6)64-85-72(77)57-51-45-38-33-16-14-12-10-8-2/h67-71,76H,7-66H2,1-6H3,(H,81,82)(H,83,84)/t69-,70-,71-/m1/s1. The van der Waals surface area contributed by atoms with Crippen LogP contribution in [-0.2, 0) is 65.4 Å². The van der Waals surface area contributed by atoms with Gasteiger partial charge in [-0.05, 0) is 37.5 Å². The maximum absolute atomic E-state index is 13.1. The Hall–Kier alpha value is -1.94. The monoisotopic (exact) mass is 1380 g/mol. The van der Waals surface area contributed by atoms with E-state index in [0.29, 0.717) is 31.6 Å². The minimum Gasteiger partial charge on any atom is -0.462 e. The molecule has 19 heteroatoms. The van der Waals surface area contributed by atoms with Gasteiger partial charge in [-0.1, -0.05) is 337 Å². The van der Waals surface area contributed by atoms with E-state index in [1.165, 1.54) is 205 Å². The van der Waals surface area contributed by atoms with Gasteiger partial charge in [-0.2, -0.15) is 0 Å². The number of esters is 4. The van der Waals surface area contributed by atoms with Crippen molar-refractivity contribution in [2.24, 2.45) is 11.8 Å². The third kappa shape index (κ3) is 68.6. The van der Waals surface area contributed by atoms with E-state index in [4.69, 9.17) is 37.0 Å². The molecule has 2 unspecified atom stereocenters. The number of carbonyl (C=O) groups excluding carboxylic acids is 4. The Morgan fingerprint density at radius 3 is 0.723 bits per heavy atom. The smallest absolute Gasteiger partial charge is 0.462 e. The molecular weight excluding hydrogens is 1230 g/mol.